The summed E-state index contributed by atoms with van der Waals surface area (Å²) in [4.78, 5) is 77.1. The van der Waals surface area contributed by atoms with E-state index in [1.54, 1.807) is 23.1 Å². The van der Waals surface area contributed by atoms with Crippen molar-refractivity contribution in [3.63, 3.8) is 0 Å². The van der Waals surface area contributed by atoms with Crippen LogP contribution in [0.25, 0.3) is 11.1 Å². The zero-order valence-electron chi connectivity index (χ0n) is 32.4. The van der Waals surface area contributed by atoms with Crippen LogP contribution in [0.5, 0.6) is 0 Å². The summed E-state index contributed by atoms with van der Waals surface area (Å²) in [5, 5.41) is 2.83. The van der Waals surface area contributed by atoms with E-state index in [0.717, 1.165) is 56.9 Å². The normalized spacial score (nSPS) is 20.0. The van der Waals surface area contributed by atoms with Gasteiger partial charge in [0.1, 0.15) is 24.3 Å². The third kappa shape index (κ3) is 11.2. The standard InChI is InChI=1S/C43H57N5O8/c44-23-11-10-18-32(39(50)40-45-34-19-8-9-20-38(34)56-40)26-37(49)36-27-33(55-43(53)47-24-12-3-13-25-47)28-48(36)41(51)35(22-21-30-14-4-1-5-15-30)46-42(52)54-29-31-16-6-2-7-17-31/h2,6-9,16-17,19-20,30,32-33,35-36H,1,3-5,10-15,18,21-29,44H2,(H,46,52)/t32-,33-,35-,36+/m1/s1. The number of piperidine rings is 1. The fourth-order valence-corrected chi connectivity index (χ4v) is 8.36. The molecule has 13 heteroatoms. The van der Waals surface area contributed by atoms with E-state index in [9.17, 15) is 24.0 Å². The van der Waals surface area contributed by atoms with E-state index >= 15 is 0 Å². The van der Waals surface area contributed by atoms with Gasteiger partial charge < -0.3 is 34.7 Å². The summed E-state index contributed by atoms with van der Waals surface area (Å²) in [7, 11) is 0. The molecule has 56 heavy (non-hydrogen) atoms. The van der Waals surface area contributed by atoms with E-state index in [0.29, 0.717) is 62.3 Å². The predicted molar refractivity (Wildman–Crippen MR) is 210 cm³/mol. The highest BCUT2D eigenvalue weighted by Crippen LogP contribution is 2.31. The van der Waals surface area contributed by atoms with Gasteiger partial charge in [0, 0.05) is 31.8 Å². The molecule has 2 aromatic carbocycles. The monoisotopic (exact) mass is 771 g/mol. The number of hydrogen-bond acceptors (Lipinski definition) is 10. The number of nitrogens with zero attached hydrogens (tertiary/aromatic N) is 3. The van der Waals surface area contributed by atoms with Crippen LogP contribution in [0.4, 0.5) is 9.59 Å². The number of Topliss-reactive ketones (excluding diaryl/α,β-unsaturated/α-hetero) is 2. The number of nitrogens with two attached hydrogens (primary N) is 1. The van der Waals surface area contributed by atoms with Crippen molar-refractivity contribution >= 4 is 40.8 Å². The maximum absolute atomic E-state index is 14.7. The van der Waals surface area contributed by atoms with E-state index in [1.165, 1.54) is 11.3 Å². The Labute approximate surface area is 329 Å². The Bertz CT molecular complexity index is 1740. The lowest BCUT2D eigenvalue weighted by Crippen LogP contribution is -2.52. The first-order valence-electron chi connectivity index (χ1n) is 20.6. The van der Waals surface area contributed by atoms with Gasteiger partial charge in [-0.25, -0.2) is 14.6 Å². The van der Waals surface area contributed by atoms with Gasteiger partial charge in [0.2, 0.25) is 11.7 Å². The minimum Gasteiger partial charge on any atom is -0.445 e. The third-order valence-corrected chi connectivity index (χ3v) is 11.5. The smallest absolute Gasteiger partial charge is 0.410 e. The summed E-state index contributed by atoms with van der Waals surface area (Å²) >= 11 is 0. The number of amides is 3. The molecule has 0 radical (unpaired) electrons. The van der Waals surface area contributed by atoms with E-state index in [4.69, 9.17) is 19.6 Å². The molecule has 0 bridgehead atoms. The zero-order chi connectivity index (χ0) is 39.3. The van der Waals surface area contributed by atoms with Crippen molar-refractivity contribution in [1.29, 1.82) is 0 Å². The highest BCUT2D eigenvalue weighted by Gasteiger charge is 2.45. The van der Waals surface area contributed by atoms with E-state index in [1.807, 2.05) is 36.4 Å². The van der Waals surface area contributed by atoms with Crippen molar-refractivity contribution in [3.05, 3.63) is 66.1 Å². The Kier molecular flexibility index (Phi) is 14.9. The number of hydrogen-bond donors (Lipinski definition) is 2. The molecule has 3 amide bonds. The number of ketones is 2. The van der Waals surface area contributed by atoms with Crippen LogP contribution >= 0.6 is 0 Å². The lowest BCUT2D eigenvalue weighted by molar-refractivity contribution is -0.139. The molecule has 1 saturated carbocycles. The first-order chi connectivity index (χ1) is 27.3. The second kappa shape index (κ2) is 20.4. The third-order valence-electron chi connectivity index (χ3n) is 11.5. The Morgan fingerprint density at radius 2 is 1.62 bits per heavy atom. The van der Waals surface area contributed by atoms with Gasteiger partial charge >= 0.3 is 12.2 Å². The number of carbonyl (C=O) groups is 5. The number of carbonyl (C=O) groups excluding carboxylic acids is 5. The van der Waals surface area contributed by atoms with E-state index < -0.39 is 42.2 Å². The van der Waals surface area contributed by atoms with Gasteiger partial charge in [-0.2, -0.15) is 0 Å². The van der Waals surface area contributed by atoms with Gasteiger partial charge in [0.05, 0.1) is 12.6 Å². The summed E-state index contributed by atoms with van der Waals surface area (Å²) in [6.45, 7) is 1.66. The maximum atomic E-state index is 14.7. The average molecular weight is 772 g/mol. The van der Waals surface area contributed by atoms with Gasteiger partial charge in [-0.15, -0.1) is 0 Å². The van der Waals surface area contributed by atoms with Crippen molar-refractivity contribution in [3.8, 4) is 0 Å². The van der Waals surface area contributed by atoms with Crippen LogP contribution in [0.1, 0.15) is 113 Å². The number of ether oxygens (including phenoxy) is 2. The maximum Gasteiger partial charge on any atom is 0.410 e. The van der Waals surface area contributed by atoms with Crippen LogP contribution in [0.3, 0.4) is 0 Å². The van der Waals surface area contributed by atoms with Crippen LogP contribution < -0.4 is 11.1 Å². The summed E-state index contributed by atoms with van der Waals surface area (Å²) in [5.74, 6) is -1.54. The van der Waals surface area contributed by atoms with Gasteiger partial charge in [-0.05, 0) is 75.1 Å². The number of oxazole rings is 1. The number of likely N-dealkylation sites (tertiary alicyclic amines) is 2. The molecule has 3 heterocycles. The Hall–Kier alpha value is -4.78. The molecule has 2 aliphatic heterocycles. The minimum absolute atomic E-state index is 0.00753. The van der Waals surface area contributed by atoms with Gasteiger partial charge in [0.15, 0.2) is 11.4 Å². The van der Waals surface area contributed by atoms with Crippen molar-refractivity contribution < 1.29 is 37.9 Å². The SMILES string of the molecule is NCCCC[C@H](CC(=O)[C@@H]1C[C@@H](OC(=O)N2CCCCC2)CN1C(=O)[C@@H](CCC1CCCCC1)NC(=O)OCc1ccccc1)C(=O)c1nc2ccccc2o1. The average Bonchev–Trinajstić information content (AvgIpc) is 3.87. The van der Waals surface area contributed by atoms with Crippen molar-refractivity contribution in [2.45, 2.75) is 121 Å². The highest BCUT2D eigenvalue weighted by atomic mass is 16.6. The largest absolute Gasteiger partial charge is 0.445 e. The molecule has 2 saturated heterocycles. The predicted octanol–water partition coefficient (Wildman–Crippen LogP) is 6.96. The first kappa shape index (κ1) is 40.9. The second-order valence-corrected chi connectivity index (χ2v) is 15.6. The number of alkyl carbamates (subject to hydrolysis) is 1. The Morgan fingerprint density at radius 3 is 2.38 bits per heavy atom. The van der Waals surface area contributed by atoms with Crippen molar-refractivity contribution in [1.82, 2.24) is 20.1 Å². The lowest BCUT2D eigenvalue weighted by Gasteiger charge is -2.30. The van der Waals surface area contributed by atoms with Crippen LogP contribution in [0.15, 0.2) is 59.0 Å². The summed E-state index contributed by atoms with van der Waals surface area (Å²) in [6.07, 6.45) is 9.19. The van der Waals surface area contributed by atoms with Gasteiger partial charge in [-0.1, -0.05) is 81.0 Å². The van der Waals surface area contributed by atoms with Crippen molar-refractivity contribution in [2.75, 3.05) is 26.2 Å². The number of aromatic nitrogens is 1. The summed E-state index contributed by atoms with van der Waals surface area (Å²) in [6, 6.07) is 14.4. The fraction of sp³-hybridized carbons (Fsp3) is 0.581. The molecule has 3 aromatic rings. The van der Waals surface area contributed by atoms with Gasteiger partial charge in [0.25, 0.3) is 5.89 Å². The summed E-state index contributed by atoms with van der Waals surface area (Å²) in [5.41, 5.74) is 7.62. The molecule has 6 rings (SSSR count). The number of nitrogens with one attached hydrogen (secondary N) is 1. The first-order valence-corrected chi connectivity index (χ1v) is 20.6. The molecule has 302 valence electrons. The van der Waals surface area contributed by atoms with Crippen molar-refractivity contribution in [2.24, 2.45) is 17.6 Å². The topological polar surface area (TPSA) is 174 Å². The Balaban J connectivity index is 1.22. The fourth-order valence-electron chi connectivity index (χ4n) is 8.36. The molecular weight excluding hydrogens is 714 g/mol. The summed E-state index contributed by atoms with van der Waals surface area (Å²) < 4.78 is 17.3. The molecule has 1 aromatic heterocycles. The molecule has 0 unspecified atom stereocenters. The van der Waals surface area contributed by atoms with E-state index in [2.05, 4.69) is 10.3 Å². The molecule has 3 aliphatic rings. The minimum atomic E-state index is -0.977. The van der Waals surface area contributed by atoms with Gasteiger partial charge in [-0.3, -0.25) is 14.4 Å². The van der Waals surface area contributed by atoms with Crippen LogP contribution in [0.2, 0.25) is 0 Å². The second-order valence-electron chi connectivity index (χ2n) is 15.6. The number of rotatable bonds is 17. The van der Waals surface area contributed by atoms with Crippen LogP contribution in [0, 0.1) is 11.8 Å². The number of para-hydroxylation sites is 2. The Morgan fingerprint density at radius 1 is 0.893 bits per heavy atom. The number of fused-ring (bicyclic) bond motifs is 1. The van der Waals surface area contributed by atoms with Crippen LogP contribution in [-0.4, -0.2) is 88.8 Å². The molecular formula is C43H57N5O8. The number of benzene rings is 2. The lowest BCUT2D eigenvalue weighted by atomic mass is 9.85. The van der Waals surface area contributed by atoms with E-state index in [-0.39, 0.29) is 43.5 Å². The quantitative estimate of drug-likeness (QED) is 0.108. The molecule has 3 fully saturated rings. The molecule has 1 aliphatic carbocycles. The molecule has 4 atom stereocenters. The molecule has 3 N–H and O–H groups in total. The van der Waals surface area contributed by atoms with Crippen LogP contribution in [-0.2, 0) is 25.7 Å². The molecule has 13 nitrogen and oxygen atoms in total. The molecule has 0 spiro atoms. The highest BCUT2D eigenvalue weighted by molar-refractivity contribution is 6.00. The number of unbranched alkanes of at least 4 members (excludes halogenated alkanes) is 1. The zero-order valence-corrected chi connectivity index (χ0v) is 32.4.